The van der Waals surface area contributed by atoms with E-state index in [0.29, 0.717) is 11.6 Å². The average molecular weight is 237 g/mol. The van der Waals surface area contributed by atoms with E-state index < -0.39 is 4.92 Å². The minimum atomic E-state index is -0.440. The molecule has 0 radical (unpaired) electrons. The summed E-state index contributed by atoms with van der Waals surface area (Å²) in [5.41, 5.74) is 6.29. The Morgan fingerprint density at radius 1 is 1.47 bits per heavy atom. The molecule has 0 fully saturated rings. The van der Waals surface area contributed by atoms with Crippen LogP contribution in [0.4, 0.5) is 17.1 Å². The number of para-hydroxylation sites is 1. The lowest BCUT2D eigenvalue weighted by Crippen LogP contribution is -2.25. The van der Waals surface area contributed by atoms with Gasteiger partial charge in [0.2, 0.25) is 0 Å². The minimum Gasteiger partial charge on any atom is -0.393 e. The number of hydrogen-bond donors (Lipinski definition) is 2. The molecule has 0 bridgehead atoms. The first-order valence-corrected chi connectivity index (χ1v) is 5.76. The number of nitrogens with two attached hydrogens (primary N) is 1. The molecule has 5 nitrogen and oxygen atoms in total. The van der Waals surface area contributed by atoms with Crippen LogP contribution in [0.1, 0.15) is 27.2 Å². The number of nitro benzene ring substituents is 1. The Morgan fingerprint density at radius 2 is 2.12 bits per heavy atom. The SMILES string of the molecule is CCC(Nc1cccc(N)c1[N+](=O)[O-])C(C)C. The van der Waals surface area contributed by atoms with Gasteiger partial charge in [-0.2, -0.15) is 0 Å². The highest BCUT2D eigenvalue weighted by atomic mass is 16.6. The molecular weight excluding hydrogens is 218 g/mol. The Hall–Kier alpha value is -1.78. The van der Waals surface area contributed by atoms with Crippen molar-refractivity contribution in [2.45, 2.75) is 33.2 Å². The number of hydrogen-bond acceptors (Lipinski definition) is 4. The fourth-order valence-corrected chi connectivity index (χ4v) is 1.82. The molecular formula is C12H19N3O2. The van der Waals surface area contributed by atoms with Crippen molar-refractivity contribution in [3.63, 3.8) is 0 Å². The first-order chi connectivity index (χ1) is 7.97. The van der Waals surface area contributed by atoms with Crippen molar-refractivity contribution >= 4 is 17.1 Å². The third kappa shape index (κ3) is 3.09. The summed E-state index contributed by atoms with van der Waals surface area (Å²) in [5.74, 6) is 0.404. The molecule has 1 aromatic rings. The van der Waals surface area contributed by atoms with Gasteiger partial charge in [-0.05, 0) is 24.5 Å². The standard InChI is InChI=1S/C12H19N3O2/c1-4-10(8(2)3)14-11-7-5-6-9(13)12(11)15(16)17/h5-8,10,14H,4,13H2,1-3H3. The number of nitrogen functional groups attached to an aromatic ring is 1. The smallest absolute Gasteiger partial charge is 0.314 e. The topological polar surface area (TPSA) is 81.2 Å². The maximum atomic E-state index is 11.0. The molecule has 5 heteroatoms. The Balaban J connectivity index is 3.05. The zero-order valence-electron chi connectivity index (χ0n) is 10.4. The third-order valence-corrected chi connectivity index (χ3v) is 2.84. The average Bonchev–Trinajstić information content (AvgIpc) is 2.24. The number of nitrogens with one attached hydrogen (secondary N) is 1. The second-order valence-corrected chi connectivity index (χ2v) is 4.40. The van der Waals surface area contributed by atoms with Crippen molar-refractivity contribution in [1.29, 1.82) is 0 Å². The Labute approximate surface area is 101 Å². The highest BCUT2D eigenvalue weighted by molar-refractivity contribution is 5.74. The predicted molar refractivity (Wildman–Crippen MR) is 70.0 cm³/mol. The van der Waals surface area contributed by atoms with Gasteiger partial charge in [0.05, 0.1) is 4.92 Å². The molecule has 0 saturated heterocycles. The van der Waals surface area contributed by atoms with Crippen molar-refractivity contribution in [3.05, 3.63) is 28.3 Å². The first kappa shape index (κ1) is 13.3. The van der Waals surface area contributed by atoms with E-state index in [-0.39, 0.29) is 17.4 Å². The van der Waals surface area contributed by atoms with Crippen molar-refractivity contribution in [2.24, 2.45) is 5.92 Å². The summed E-state index contributed by atoms with van der Waals surface area (Å²) in [6, 6.07) is 5.16. The molecule has 94 valence electrons. The van der Waals surface area contributed by atoms with E-state index in [1.807, 2.05) is 0 Å². The van der Waals surface area contributed by atoms with Crippen LogP contribution in [-0.4, -0.2) is 11.0 Å². The van der Waals surface area contributed by atoms with Gasteiger partial charge >= 0.3 is 5.69 Å². The summed E-state index contributed by atoms with van der Waals surface area (Å²) in [4.78, 5) is 10.5. The lowest BCUT2D eigenvalue weighted by Gasteiger charge is -2.22. The Morgan fingerprint density at radius 3 is 2.59 bits per heavy atom. The third-order valence-electron chi connectivity index (χ3n) is 2.84. The van der Waals surface area contributed by atoms with E-state index in [2.05, 4.69) is 26.1 Å². The zero-order chi connectivity index (χ0) is 13.0. The van der Waals surface area contributed by atoms with Crippen molar-refractivity contribution in [1.82, 2.24) is 0 Å². The highest BCUT2D eigenvalue weighted by Crippen LogP contribution is 2.31. The van der Waals surface area contributed by atoms with Crippen LogP contribution in [0.5, 0.6) is 0 Å². The first-order valence-electron chi connectivity index (χ1n) is 5.76. The highest BCUT2D eigenvalue weighted by Gasteiger charge is 2.20. The molecule has 0 saturated carbocycles. The quantitative estimate of drug-likeness (QED) is 0.468. The van der Waals surface area contributed by atoms with Gasteiger partial charge in [-0.25, -0.2) is 0 Å². The van der Waals surface area contributed by atoms with Gasteiger partial charge in [0, 0.05) is 6.04 Å². The fourth-order valence-electron chi connectivity index (χ4n) is 1.82. The zero-order valence-corrected chi connectivity index (χ0v) is 10.4. The maximum Gasteiger partial charge on any atom is 0.314 e. The van der Waals surface area contributed by atoms with Crippen LogP contribution < -0.4 is 11.1 Å². The van der Waals surface area contributed by atoms with Gasteiger partial charge in [-0.1, -0.05) is 26.8 Å². The van der Waals surface area contributed by atoms with E-state index in [1.165, 1.54) is 0 Å². The molecule has 0 aliphatic carbocycles. The van der Waals surface area contributed by atoms with Crippen LogP contribution >= 0.6 is 0 Å². The summed E-state index contributed by atoms with van der Waals surface area (Å²) in [6.07, 6.45) is 0.906. The van der Waals surface area contributed by atoms with Crippen molar-refractivity contribution in [2.75, 3.05) is 11.1 Å². The Kier molecular flexibility index (Phi) is 4.31. The lowest BCUT2D eigenvalue weighted by atomic mass is 10.0. The molecule has 0 amide bonds. The Bertz CT molecular complexity index is 405. The predicted octanol–water partition coefficient (Wildman–Crippen LogP) is 3.02. The molecule has 1 rings (SSSR count). The van der Waals surface area contributed by atoms with E-state index in [1.54, 1.807) is 18.2 Å². The molecule has 0 aromatic heterocycles. The van der Waals surface area contributed by atoms with Crippen molar-refractivity contribution < 1.29 is 4.92 Å². The van der Waals surface area contributed by atoms with Crippen LogP contribution in [0, 0.1) is 16.0 Å². The second kappa shape index (κ2) is 5.52. The number of nitrogens with zero attached hydrogens (tertiary/aromatic N) is 1. The molecule has 0 aliphatic heterocycles. The van der Waals surface area contributed by atoms with E-state index in [4.69, 9.17) is 5.73 Å². The molecule has 1 aromatic carbocycles. The second-order valence-electron chi connectivity index (χ2n) is 4.40. The van der Waals surface area contributed by atoms with Crippen LogP contribution in [0.15, 0.2) is 18.2 Å². The van der Waals surface area contributed by atoms with E-state index in [0.717, 1.165) is 6.42 Å². The number of anilines is 2. The summed E-state index contributed by atoms with van der Waals surface area (Å²) in [5, 5.41) is 14.2. The molecule has 1 unspecified atom stereocenters. The summed E-state index contributed by atoms with van der Waals surface area (Å²) >= 11 is 0. The van der Waals surface area contributed by atoms with Gasteiger partial charge in [-0.3, -0.25) is 10.1 Å². The van der Waals surface area contributed by atoms with Crippen LogP contribution in [0.25, 0.3) is 0 Å². The van der Waals surface area contributed by atoms with E-state index in [9.17, 15) is 10.1 Å². The molecule has 0 spiro atoms. The van der Waals surface area contributed by atoms with E-state index >= 15 is 0 Å². The normalized spacial score (nSPS) is 12.5. The number of nitro groups is 1. The molecule has 3 N–H and O–H groups in total. The molecule has 0 heterocycles. The summed E-state index contributed by atoms with van der Waals surface area (Å²) in [7, 11) is 0. The monoisotopic (exact) mass is 237 g/mol. The fraction of sp³-hybridized carbons (Fsp3) is 0.500. The lowest BCUT2D eigenvalue weighted by molar-refractivity contribution is -0.383. The molecule has 17 heavy (non-hydrogen) atoms. The van der Waals surface area contributed by atoms with Gasteiger partial charge in [0.25, 0.3) is 0 Å². The van der Waals surface area contributed by atoms with Crippen molar-refractivity contribution in [3.8, 4) is 0 Å². The maximum absolute atomic E-state index is 11.0. The van der Waals surface area contributed by atoms with Gasteiger partial charge < -0.3 is 11.1 Å². The largest absolute Gasteiger partial charge is 0.393 e. The number of benzene rings is 1. The summed E-state index contributed by atoms with van der Waals surface area (Å²) < 4.78 is 0. The van der Waals surface area contributed by atoms with Crippen LogP contribution in [0.3, 0.4) is 0 Å². The van der Waals surface area contributed by atoms with Crippen LogP contribution in [0.2, 0.25) is 0 Å². The number of rotatable bonds is 5. The van der Waals surface area contributed by atoms with Gasteiger partial charge in [0.15, 0.2) is 0 Å². The van der Waals surface area contributed by atoms with Crippen LogP contribution in [-0.2, 0) is 0 Å². The summed E-state index contributed by atoms with van der Waals surface area (Å²) in [6.45, 7) is 6.22. The van der Waals surface area contributed by atoms with Gasteiger partial charge in [-0.15, -0.1) is 0 Å². The minimum absolute atomic E-state index is 0.0356. The molecule has 1 atom stereocenters. The molecule has 0 aliphatic rings. The van der Waals surface area contributed by atoms with Gasteiger partial charge in [0.1, 0.15) is 11.4 Å².